The van der Waals surface area contributed by atoms with E-state index in [1.165, 1.54) is 0 Å². The van der Waals surface area contributed by atoms with Crippen LogP contribution < -0.4 is 11.1 Å². The molecule has 0 spiro atoms. The van der Waals surface area contributed by atoms with Crippen molar-refractivity contribution in [3.05, 3.63) is 23.7 Å². The molecule has 0 atom stereocenters. The van der Waals surface area contributed by atoms with Crippen LogP contribution in [0.5, 0.6) is 0 Å². The number of hydrogen-bond donors (Lipinski definition) is 2. The van der Waals surface area contributed by atoms with Crippen LogP contribution >= 0.6 is 0 Å². The van der Waals surface area contributed by atoms with Gasteiger partial charge in [-0.3, -0.25) is 4.79 Å². The lowest BCUT2D eigenvalue weighted by molar-refractivity contribution is -0.121. The van der Waals surface area contributed by atoms with Crippen molar-refractivity contribution >= 4 is 5.91 Å². The number of nitrogens with two attached hydrogens (primary N) is 1. The van der Waals surface area contributed by atoms with Crippen molar-refractivity contribution in [1.29, 1.82) is 0 Å². The average Bonchev–Trinajstić information content (AvgIpc) is 2.73. The Bertz CT molecular complexity index is 383. The molecule has 102 valence electrons. The summed E-state index contributed by atoms with van der Waals surface area (Å²) in [6.07, 6.45) is 2.14. The maximum atomic E-state index is 11.6. The predicted molar refractivity (Wildman–Crippen MR) is 72.2 cm³/mol. The van der Waals surface area contributed by atoms with Gasteiger partial charge in [0.1, 0.15) is 11.5 Å². The molecule has 1 aromatic rings. The van der Waals surface area contributed by atoms with Crippen molar-refractivity contribution in [3.63, 3.8) is 0 Å². The molecule has 4 nitrogen and oxygen atoms in total. The van der Waals surface area contributed by atoms with Crippen LogP contribution in [0.2, 0.25) is 0 Å². The summed E-state index contributed by atoms with van der Waals surface area (Å²) in [4.78, 5) is 11.6. The summed E-state index contributed by atoms with van der Waals surface area (Å²) in [5.74, 6) is 1.95. The van der Waals surface area contributed by atoms with Crippen molar-refractivity contribution in [2.75, 3.05) is 13.1 Å². The van der Waals surface area contributed by atoms with Gasteiger partial charge in [-0.15, -0.1) is 0 Å². The second kappa shape index (κ2) is 6.59. The Balaban J connectivity index is 2.18. The van der Waals surface area contributed by atoms with Crippen LogP contribution in [0.15, 0.2) is 16.5 Å². The molecular formula is C14H24N2O2. The Morgan fingerprint density at radius 2 is 2.17 bits per heavy atom. The van der Waals surface area contributed by atoms with E-state index in [1.54, 1.807) is 0 Å². The normalized spacial score (nSPS) is 11.6. The fourth-order valence-corrected chi connectivity index (χ4v) is 1.54. The molecule has 18 heavy (non-hydrogen) atoms. The first-order valence-corrected chi connectivity index (χ1v) is 6.45. The maximum Gasteiger partial charge on any atom is 0.220 e. The summed E-state index contributed by atoms with van der Waals surface area (Å²) in [5.41, 5.74) is 5.57. The van der Waals surface area contributed by atoms with Gasteiger partial charge in [0.25, 0.3) is 0 Å². The molecule has 0 bridgehead atoms. The number of carbonyl (C=O) groups is 1. The first-order valence-electron chi connectivity index (χ1n) is 6.45. The highest BCUT2D eigenvalue weighted by molar-refractivity contribution is 5.75. The fraction of sp³-hybridized carbons (Fsp3) is 0.643. The van der Waals surface area contributed by atoms with E-state index in [9.17, 15) is 4.79 Å². The Labute approximate surface area is 109 Å². The second-order valence-corrected chi connectivity index (χ2v) is 5.51. The van der Waals surface area contributed by atoms with Crippen molar-refractivity contribution < 1.29 is 9.21 Å². The Morgan fingerprint density at radius 3 is 2.72 bits per heavy atom. The summed E-state index contributed by atoms with van der Waals surface area (Å²) in [6.45, 7) is 7.20. The van der Waals surface area contributed by atoms with E-state index < -0.39 is 0 Å². The van der Waals surface area contributed by atoms with Gasteiger partial charge in [-0.25, -0.2) is 0 Å². The van der Waals surface area contributed by atoms with Gasteiger partial charge in [0.15, 0.2) is 0 Å². The fourth-order valence-electron chi connectivity index (χ4n) is 1.54. The lowest BCUT2D eigenvalue weighted by atomic mass is 9.94. The minimum absolute atomic E-state index is 0.0339. The molecular weight excluding hydrogens is 228 g/mol. The zero-order chi connectivity index (χ0) is 13.6. The minimum Gasteiger partial charge on any atom is -0.466 e. The van der Waals surface area contributed by atoms with E-state index >= 15 is 0 Å². The number of rotatable bonds is 7. The molecule has 3 N–H and O–H groups in total. The van der Waals surface area contributed by atoms with Crippen molar-refractivity contribution in [1.82, 2.24) is 5.32 Å². The highest BCUT2D eigenvalue weighted by Gasteiger charge is 2.16. The SMILES string of the molecule is Cc1ccc(CCCC(=O)NCC(C)(C)CN)o1. The van der Waals surface area contributed by atoms with E-state index in [-0.39, 0.29) is 11.3 Å². The van der Waals surface area contributed by atoms with Crippen LogP contribution in [0.4, 0.5) is 0 Å². The standard InChI is InChI=1S/C14H24N2O2/c1-11-7-8-12(18-11)5-4-6-13(17)16-10-14(2,3)9-15/h7-8H,4-6,9-10,15H2,1-3H3,(H,16,17). The summed E-state index contributed by atoms with van der Waals surface area (Å²) in [5, 5.41) is 2.92. The minimum atomic E-state index is -0.0339. The largest absolute Gasteiger partial charge is 0.466 e. The summed E-state index contributed by atoms with van der Waals surface area (Å²) < 4.78 is 5.45. The topological polar surface area (TPSA) is 68.3 Å². The van der Waals surface area contributed by atoms with Crippen molar-refractivity contribution in [2.24, 2.45) is 11.1 Å². The molecule has 0 saturated carbocycles. The Kier molecular flexibility index (Phi) is 5.41. The van der Waals surface area contributed by atoms with E-state index in [1.807, 2.05) is 32.9 Å². The zero-order valence-corrected chi connectivity index (χ0v) is 11.6. The number of amides is 1. The highest BCUT2D eigenvalue weighted by Crippen LogP contribution is 2.11. The third kappa shape index (κ3) is 5.36. The molecule has 0 saturated heterocycles. The lowest BCUT2D eigenvalue weighted by Crippen LogP contribution is -2.38. The van der Waals surface area contributed by atoms with Gasteiger partial charge in [-0.05, 0) is 37.4 Å². The lowest BCUT2D eigenvalue weighted by Gasteiger charge is -2.22. The molecule has 0 fully saturated rings. The maximum absolute atomic E-state index is 11.6. The first-order chi connectivity index (χ1) is 8.43. The van der Waals surface area contributed by atoms with E-state index in [0.29, 0.717) is 19.5 Å². The molecule has 1 rings (SSSR count). The van der Waals surface area contributed by atoms with E-state index in [0.717, 1.165) is 24.4 Å². The molecule has 0 unspecified atom stereocenters. The molecule has 0 aliphatic carbocycles. The Morgan fingerprint density at radius 1 is 1.44 bits per heavy atom. The average molecular weight is 252 g/mol. The molecule has 1 heterocycles. The third-order valence-electron chi connectivity index (χ3n) is 2.94. The van der Waals surface area contributed by atoms with Gasteiger partial charge >= 0.3 is 0 Å². The van der Waals surface area contributed by atoms with Gasteiger partial charge in [0, 0.05) is 19.4 Å². The number of hydrogen-bond acceptors (Lipinski definition) is 3. The van der Waals surface area contributed by atoms with Crippen LogP contribution in [-0.4, -0.2) is 19.0 Å². The Hall–Kier alpha value is -1.29. The van der Waals surface area contributed by atoms with Gasteiger partial charge in [0.2, 0.25) is 5.91 Å². The highest BCUT2D eigenvalue weighted by atomic mass is 16.3. The quantitative estimate of drug-likeness (QED) is 0.780. The smallest absolute Gasteiger partial charge is 0.220 e. The first kappa shape index (κ1) is 14.8. The predicted octanol–water partition coefficient (Wildman–Crippen LogP) is 2.01. The summed E-state index contributed by atoms with van der Waals surface area (Å²) in [7, 11) is 0. The third-order valence-corrected chi connectivity index (χ3v) is 2.94. The number of furan rings is 1. The van der Waals surface area contributed by atoms with Crippen LogP contribution in [0.1, 0.15) is 38.2 Å². The van der Waals surface area contributed by atoms with Crippen LogP contribution in [0.3, 0.4) is 0 Å². The van der Waals surface area contributed by atoms with Gasteiger partial charge in [0.05, 0.1) is 0 Å². The van der Waals surface area contributed by atoms with Crippen LogP contribution in [-0.2, 0) is 11.2 Å². The number of aryl methyl sites for hydroxylation is 2. The number of nitrogens with one attached hydrogen (secondary N) is 1. The molecule has 0 aromatic carbocycles. The second-order valence-electron chi connectivity index (χ2n) is 5.51. The van der Waals surface area contributed by atoms with E-state index in [2.05, 4.69) is 5.32 Å². The molecule has 4 heteroatoms. The van der Waals surface area contributed by atoms with Gasteiger partial charge < -0.3 is 15.5 Å². The zero-order valence-electron chi connectivity index (χ0n) is 11.6. The van der Waals surface area contributed by atoms with Crippen LogP contribution in [0.25, 0.3) is 0 Å². The van der Waals surface area contributed by atoms with Crippen LogP contribution in [0, 0.1) is 12.3 Å². The van der Waals surface area contributed by atoms with Gasteiger partial charge in [-0.1, -0.05) is 13.8 Å². The molecule has 0 radical (unpaired) electrons. The summed E-state index contributed by atoms with van der Waals surface area (Å²) >= 11 is 0. The van der Waals surface area contributed by atoms with Gasteiger partial charge in [-0.2, -0.15) is 0 Å². The van der Waals surface area contributed by atoms with E-state index in [4.69, 9.17) is 10.2 Å². The molecule has 0 aliphatic heterocycles. The number of carbonyl (C=O) groups excluding carboxylic acids is 1. The summed E-state index contributed by atoms with van der Waals surface area (Å²) in [6, 6.07) is 3.91. The van der Waals surface area contributed by atoms with Crippen molar-refractivity contribution in [3.8, 4) is 0 Å². The van der Waals surface area contributed by atoms with Crippen molar-refractivity contribution in [2.45, 2.75) is 40.0 Å². The molecule has 1 aromatic heterocycles. The monoisotopic (exact) mass is 252 g/mol. The molecule has 0 aliphatic rings. The molecule has 1 amide bonds.